The van der Waals surface area contributed by atoms with Gasteiger partial charge in [-0.25, -0.2) is 4.39 Å². The number of hydrogen-bond donors (Lipinski definition) is 1. The van der Waals surface area contributed by atoms with Gasteiger partial charge in [-0.2, -0.15) is 15.0 Å². The Morgan fingerprint density at radius 3 is 2.53 bits per heavy atom. The zero-order valence-electron chi connectivity index (χ0n) is 18.4. The van der Waals surface area contributed by atoms with Crippen molar-refractivity contribution in [2.45, 2.75) is 32.2 Å². The van der Waals surface area contributed by atoms with E-state index in [0.717, 1.165) is 25.9 Å². The predicted octanol–water partition coefficient (Wildman–Crippen LogP) is 1.74. The normalized spacial score (nSPS) is 18.7. The van der Waals surface area contributed by atoms with Crippen LogP contribution in [0.25, 0.3) is 0 Å². The molecule has 0 radical (unpaired) electrons. The second kappa shape index (κ2) is 9.46. The number of carbonyl (C=O) groups is 2. The molecule has 0 saturated carbocycles. The van der Waals surface area contributed by atoms with E-state index in [1.807, 2.05) is 19.0 Å². The maximum atomic E-state index is 13.2. The van der Waals surface area contributed by atoms with Gasteiger partial charge in [-0.05, 0) is 43.5 Å². The highest BCUT2D eigenvalue weighted by Gasteiger charge is 2.35. The quantitative estimate of drug-likeness (QED) is 0.730. The number of piperidine rings is 1. The smallest absolute Gasteiger partial charge is 0.230 e. The van der Waals surface area contributed by atoms with E-state index >= 15 is 0 Å². The maximum Gasteiger partial charge on any atom is 0.230 e. The van der Waals surface area contributed by atoms with Gasteiger partial charge >= 0.3 is 0 Å². The highest BCUT2D eigenvalue weighted by molar-refractivity contribution is 6.00. The van der Waals surface area contributed by atoms with E-state index in [1.54, 1.807) is 12.1 Å². The number of halogens is 1. The molecule has 2 aliphatic heterocycles. The molecule has 2 aliphatic rings. The molecule has 3 heterocycles. The number of hydrogen-bond acceptors (Lipinski definition) is 7. The zero-order chi connectivity index (χ0) is 22.7. The van der Waals surface area contributed by atoms with Crippen LogP contribution in [0.3, 0.4) is 0 Å². The molecule has 0 aliphatic carbocycles. The third-order valence-corrected chi connectivity index (χ3v) is 5.75. The minimum atomic E-state index is -0.482. The third kappa shape index (κ3) is 4.95. The van der Waals surface area contributed by atoms with Crippen LogP contribution in [0, 0.1) is 11.7 Å². The number of nitrogens with one attached hydrogen (secondary N) is 1. The SMILES string of the molecule is CN(C)c1nc(CNC(=O)C2CC(=O)N(c3ccc(F)cc3)C2)nc(N2CCCCC2)n1. The molecule has 32 heavy (non-hydrogen) atoms. The molecule has 1 aromatic carbocycles. The van der Waals surface area contributed by atoms with Gasteiger partial charge in [0.25, 0.3) is 0 Å². The fourth-order valence-electron chi connectivity index (χ4n) is 3.97. The molecule has 2 amide bonds. The molecular formula is C22H28FN7O2. The second-order valence-electron chi connectivity index (χ2n) is 8.39. The summed E-state index contributed by atoms with van der Waals surface area (Å²) in [7, 11) is 3.73. The molecule has 2 saturated heterocycles. The van der Waals surface area contributed by atoms with Crippen molar-refractivity contribution >= 4 is 29.4 Å². The van der Waals surface area contributed by atoms with Crippen molar-refractivity contribution in [1.29, 1.82) is 0 Å². The van der Waals surface area contributed by atoms with Gasteiger partial charge in [0.05, 0.1) is 12.5 Å². The van der Waals surface area contributed by atoms with Crippen LogP contribution in [-0.4, -0.2) is 60.5 Å². The van der Waals surface area contributed by atoms with Gasteiger partial charge in [-0.1, -0.05) is 0 Å². The first-order chi connectivity index (χ1) is 15.4. The number of amides is 2. The average molecular weight is 442 g/mol. The lowest BCUT2D eigenvalue weighted by Gasteiger charge is -2.27. The van der Waals surface area contributed by atoms with Crippen LogP contribution in [-0.2, 0) is 16.1 Å². The number of benzene rings is 1. The Morgan fingerprint density at radius 1 is 1.12 bits per heavy atom. The van der Waals surface area contributed by atoms with Gasteiger partial charge < -0.3 is 20.0 Å². The number of nitrogens with zero attached hydrogens (tertiary/aromatic N) is 6. The van der Waals surface area contributed by atoms with E-state index in [-0.39, 0.29) is 37.1 Å². The van der Waals surface area contributed by atoms with Gasteiger partial charge in [0, 0.05) is 45.8 Å². The molecule has 10 heteroatoms. The Bertz CT molecular complexity index is 977. The molecule has 0 spiro atoms. The Balaban J connectivity index is 1.41. The van der Waals surface area contributed by atoms with Crippen molar-refractivity contribution in [3.63, 3.8) is 0 Å². The van der Waals surface area contributed by atoms with Crippen LogP contribution in [0.2, 0.25) is 0 Å². The lowest BCUT2D eigenvalue weighted by molar-refractivity contribution is -0.126. The summed E-state index contributed by atoms with van der Waals surface area (Å²) in [6.45, 7) is 2.23. The van der Waals surface area contributed by atoms with Crippen LogP contribution in [0.4, 0.5) is 22.0 Å². The van der Waals surface area contributed by atoms with Crippen molar-refractivity contribution in [2.24, 2.45) is 5.92 Å². The first-order valence-electron chi connectivity index (χ1n) is 10.9. The van der Waals surface area contributed by atoms with E-state index in [2.05, 4.69) is 25.2 Å². The molecule has 1 atom stereocenters. The molecule has 2 aromatic rings. The Morgan fingerprint density at radius 2 is 1.84 bits per heavy atom. The molecular weight excluding hydrogens is 413 g/mol. The minimum Gasteiger partial charge on any atom is -0.348 e. The van der Waals surface area contributed by atoms with E-state index < -0.39 is 5.92 Å². The van der Waals surface area contributed by atoms with Crippen LogP contribution in [0.1, 0.15) is 31.5 Å². The summed E-state index contributed by atoms with van der Waals surface area (Å²) in [5.74, 6) is 0.428. The Kier molecular flexibility index (Phi) is 6.48. The molecule has 0 bridgehead atoms. The van der Waals surface area contributed by atoms with Crippen LogP contribution < -0.4 is 20.0 Å². The number of anilines is 3. The lowest BCUT2D eigenvalue weighted by atomic mass is 10.1. The van der Waals surface area contributed by atoms with Gasteiger partial charge in [-0.15, -0.1) is 0 Å². The first-order valence-corrected chi connectivity index (χ1v) is 10.9. The third-order valence-electron chi connectivity index (χ3n) is 5.75. The number of rotatable bonds is 6. The largest absolute Gasteiger partial charge is 0.348 e. The number of aromatic nitrogens is 3. The summed E-state index contributed by atoms with van der Waals surface area (Å²) >= 11 is 0. The maximum absolute atomic E-state index is 13.2. The highest BCUT2D eigenvalue weighted by atomic mass is 19.1. The first kappa shape index (κ1) is 21.9. The summed E-state index contributed by atoms with van der Waals surface area (Å²) in [4.78, 5) is 44.2. The zero-order valence-corrected chi connectivity index (χ0v) is 18.4. The lowest BCUT2D eigenvalue weighted by Crippen LogP contribution is -2.34. The monoisotopic (exact) mass is 441 g/mol. The number of carbonyl (C=O) groups excluding carboxylic acids is 2. The minimum absolute atomic E-state index is 0.113. The predicted molar refractivity (Wildman–Crippen MR) is 119 cm³/mol. The van der Waals surface area contributed by atoms with Crippen molar-refractivity contribution < 1.29 is 14.0 Å². The summed E-state index contributed by atoms with van der Waals surface area (Å²) in [5, 5.41) is 2.87. The van der Waals surface area contributed by atoms with Gasteiger partial charge in [0.1, 0.15) is 5.82 Å². The standard InChI is InChI=1S/C22H28FN7O2/c1-28(2)21-25-18(26-22(27-21)29-10-4-3-5-11-29)13-24-20(32)15-12-19(31)30(14-15)17-8-6-16(23)7-9-17/h6-9,15H,3-5,10-14H2,1-2H3,(H,24,32). The van der Waals surface area contributed by atoms with Gasteiger partial charge in [-0.3, -0.25) is 9.59 Å². The summed E-state index contributed by atoms with van der Waals surface area (Å²) < 4.78 is 13.2. The average Bonchev–Trinajstić information content (AvgIpc) is 3.20. The molecule has 9 nitrogen and oxygen atoms in total. The molecule has 1 unspecified atom stereocenters. The van der Waals surface area contributed by atoms with Gasteiger partial charge in [0.15, 0.2) is 5.82 Å². The Hall–Kier alpha value is -3.30. The van der Waals surface area contributed by atoms with Crippen LogP contribution in [0.5, 0.6) is 0 Å². The van der Waals surface area contributed by atoms with E-state index in [1.165, 1.54) is 23.5 Å². The Labute approximate surface area is 186 Å². The molecule has 1 aromatic heterocycles. The van der Waals surface area contributed by atoms with Gasteiger partial charge in [0.2, 0.25) is 23.7 Å². The summed E-state index contributed by atoms with van der Waals surface area (Å²) in [6.07, 6.45) is 3.53. The van der Waals surface area contributed by atoms with E-state index in [4.69, 9.17) is 0 Å². The van der Waals surface area contributed by atoms with E-state index in [9.17, 15) is 14.0 Å². The van der Waals surface area contributed by atoms with Crippen molar-refractivity contribution in [3.8, 4) is 0 Å². The van der Waals surface area contributed by atoms with Crippen molar-refractivity contribution in [1.82, 2.24) is 20.3 Å². The van der Waals surface area contributed by atoms with Crippen LogP contribution >= 0.6 is 0 Å². The highest BCUT2D eigenvalue weighted by Crippen LogP contribution is 2.25. The fourth-order valence-corrected chi connectivity index (χ4v) is 3.97. The summed E-state index contributed by atoms with van der Waals surface area (Å²) in [6, 6.07) is 5.70. The fraction of sp³-hybridized carbons (Fsp3) is 0.500. The van der Waals surface area contributed by atoms with E-state index in [0.29, 0.717) is 23.4 Å². The van der Waals surface area contributed by atoms with Crippen LogP contribution in [0.15, 0.2) is 24.3 Å². The van der Waals surface area contributed by atoms with Crippen molar-refractivity contribution in [2.75, 3.05) is 48.4 Å². The molecule has 170 valence electrons. The second-order valence-corrected chi connectivity index (χ2v) is 8.39. The van der Waals surface area contributed by atoms with Crippen molar-refractivity contribution in [3.05, 3.63) is 35.9 Å². The molecule has 1 N–H and O–H groups in total. The topological polar surface area (TPSA) is 94.6 Å². The summed E-state index contributed by atoms with van der Waals surface area (Å²) in [5.41, 5.74) is 0.589. The molecule has 4 rings (SSSR count). The molecule has 2 fully saturated rings.